The molecule has 0 bridgehead atoms. The Morgan fingerprint density at radius 1 is 1.04 bits per heavy atom. The highest BCUT2D eigenvalue weighted by Gasteiger charge is 2.09. The van der Waals surface area contributed by atoms with Gasteiger partial charge in [-0.25, -0.2) is 0 Å². The summed E-state index contributed by atoms with van der Waals surface area (Å²) in [5, 5.41) is 6.71. The third-order valence-corrected chi connectivity index (χ3v) is 3.77. The lowest BCUT2D eigenvalue weighted by Crippen LogP contribution is -2.38. The number of methoxy groups -OCH3 is 2. The number of hydrogen-bond acceptors (Lipinski definition) is 3. The monoisotopic (exact) mass is 463 g/mol. The second-order valence-electron chi connectivity index (χ2n) is 7.03. The van der Waals surface area contributed by atoms with Crippen LogP contribution in [0.5, 0.6) is 11.5 Å². The summed E-state index contributed by atoms with van der Waals surface area (Å²) in [4.78, 5) is 4.26. The van der Waals surface area contributed by atoms with Crippen LogP contribution in [-0.2, 0) is 6.42 Å². The minimum absolute atomic E-state index is 0. The summed E-state index contributed by atoms with van der Waals surface area (Å²) in [6, 6.07) is 6.01. The molecule has 0 spiro atoms. The Balaban J connectivity index is 0.00000576. The van der Waals surface area contributed by atoms with Gasteiger partial charge in [-0.15, -0.1) is 24.0 Å². The van der Waals surface area contributed by atoms with E-state index >= 15 is 0 Å². The maximum absolute atomic E-state index is 5.34. The van der Waals surface area contributed by atoms with E-state index in [1.54, 1.807) is 21.3 Å². The van der Waals surface area contributed by atoms with Crippen LogP contribution in [0.2, 0.25) is 0 Å². The van der Waals surface area contributed by atoms with Crippen molar-refractivity contribution in [3.8, 4) is 11.5 Å². The van der Waals surface area contributed by atoms with Crippen molar-refractivity contribution in [1.82, 2.24) is 10.6 Å². The molecule has 0 saturated heterocycles. The van der Waals surface area contributed by atoms with Crippen molar-refractivity contribution in [2.24, 2.45) is 10.4 Å². The first kappa shape index (κ1) is 23.8. The van der Waals surface area contributed by atoms with Gasteiger partial charge in [0, 0.05) is 20.1 Å². The van der Waals surface area contributed by atoms with Gasteiger partial charge in [0.15, 0.2) is 17.5 Å². The summed E-state index contributed by atoms with van der Waals surface area (Å²) >= 11 is 0. The zero-order valence-corrected chi connectivity index (χ0v) is 18.8. The number of aliphatic imine (C=N–C) groups is 1. The first-order chi connectivity index (χ1) is 11.4. The molecule has 2 N–H and O–H groups in total. The van der Waals surface area contributed by atoms with Crippen LogP contribution in [0, 0.1) is 5.41 Å². The van der Waals surface area contributed by atoms with Crippen molar-refractivity contribution in [3.05, 3.63) is 23.8 Å². The second-order valence-corrected chi connectivity index (χ2v) is 7.03. The van der Waals surface area contributed by atoms with Gasteiger partial charge in [0.1, 0.15) is 0 Å². The fourth-order valence-electron chi connectivity index (χ4n) is 2.41. The first-order valence-corrected chi connectivity index (χ1v) is 8.55. The average molecular weight is 463 g/mol. The predicted octanol–water partition coefficient (Wildman–Crippen LogP) is 3.86. The molecule has 0 saturated carbocycles. The van der Waals surface area contributed by atoms with Crippen molar-refractivity contribution in [2.45, 2.75) is 40.0 Å². The van der Waals surface area contributed by atoms with Gasteiger partial charge in [0.2, 0.25) is 0 Å². The smallest absolute Gasteiger partial charge is 0.190 e. The van der Waals surface area contributed by atoms with E-state index in [2.05, 4.69) is 42.5 Å². The van der Waals surface area contributed by atoms with E-state index in [1.807, 2.05) is 12.1 Å². The molecule has 25 heavy (non-hydrogen) atoms. The molecule has 5 nitrogen and oxygen atoms in total. The van der Waals surface area contributed by atoms with Crippen molar-refractivity contribution in [3.63, 3.8) is 0 Å². The highest BCUT2D eigenvalue weighted by molar-refractivity contribution is 14.0. The Labute approximate surface area is 170 Å². The van der Waals surface area contributed by atoms with Crippen LogP contribution in [0.3, 0.4) is 0 Å². The third kappa shape index (κ3) is 9.77. The molecule has 0 radical (unpaired) electrons. The Morgan fingerprint density at radius 2 is 1.68 bits per heavy atom. The Hall–Kier alpha value is -1.18. The topological polar surface area (TPSA) is 54.9 Å². The molecule has 1 aromatic rings. The lowest BCUT2D eigenvalue weighted by molar-refractivity contribution is 0.354. The summed E-state index contributed by atoms with van der Waals surface area (Å²) in [5.74, 6) is 2.37. The number of nitrogens with one attached hydrogen (secondary N) is 2. The molecule has 1 aromatic carbocycles. The molecule has 0 aliphatic rings. The van der Waals surface area contributed by atoms with E-state index in [-0.39, 0.29) is 24.0 Å². The van der Waals surface area contributed by atoms with Crippen LogP contribution in [0.25, 0.3) is 0 Å². The van der Waals surface area contributed by atoms with Gasteiger partial charge in [0.25, 0.3) is 0 Å². The quantitative estimate of drug-likeness (QED) is 0.266. The highest BCUT2D eigenvalue weighted by atomic mass is 127. The Morgan fingerprint density at radius 3 is 2.24 bits per heavy atom. The van der Waals surface area contributed by atoms with Gasteiger partial charge in [0.05, 0.1) is 14.2 Å². The zero-order chi connectivity index (χ0) is 18.0. The van der Waals surface area contributed by atoms with Crippen molar-refractivity contribution in [2.75, 3.05) is 34.4 Å². The fourth-order valence-corrected chi connectivity index (χ4v) is 2.41. The summed E-state index contributed by atoms with van der Waals surface area (Å²) in [6.45, 7) is 8.55. The minimum atomic E-state index is 0. The van der Waals surface area contributed by atoms with Gasteiger partial charge < -0.3 is 20.1 Å². The summed E-state index contributed by atoms with van der Waals surface area (Å²) < 4.78 is 10.6. The molecule has 6 heteroatoms. The Kier molecular flexibility index (Phi) is 11.6. The maximum atomic E-state index is 5.34. The fraction of sp³-hybridized carbons (Fsp3) is 0.632. The van der Waals surface area contributed by atoms with Crippen LogP contribution < -0.4 is 20.1 Å². The van der Waals surface area contributed by atoms with Gasteiger partial charge in [-0.1, -0.05) is 26.8 Å². The molecule has 0 amide bonds. The summed E-state index contributed by atoms with van der Waals surface area (Å²) in [6.07, 6.45) is 3.23. The van der Waals surface area contributed by atoms with E-state index in [0.29, 0.717) is 5.41 Å². The molecular weight excluding hydrogens is 429 g/mol. The normalized spacial score (nSPS) is 11.5. The van der Waals surface area contributed by atoms with E-state index in [0.717, 1.165) is 43.4 Å². The molecule has 1 rings (SSSR count). The SMILES string of the molecule is CN=C(NCCCC(C)(C)C)NCCc1ccc(OC)c(OC)c1.I. The van der Waals surface area contributed by atoms with Gasteiger partial charge in [-0.3, -0.25) is 4.99 Å². The summed E-state index contributed by atoms with van der Waals surface area (Å²) in [5.41, 5.74) is 1.58. The number of hydrogen-bond donors (Lipinski definition) is 2. The Bertz CT molecular complexity index is 528. The molecule has 0 aromatic heterocycles. The number of halogens is 1. The highest BCUT2D eigenvalue weighted by Crippen LogP contribution is 2.27. The van der Waals surface area contributed by atoms with E-state index in [9.17, 15) is 0 Å². The zero-order valence-electron chi connectivity index (χ0n) is 16.4. The molecule has 144 valence electrons. The van der Waals surface area contributed by atoms with E-state index < -0.39 is 0 Å². The summed E-state index contributed by atoms with van der Waals surface area (Å²) in [7, 11) is 5.10. The predicted molar refractivity (Wildman–Crippen MR) is 117 cm³/mol. The molecule has 0 aliphatic carbocycles. The molecule has 0 aliphatic heterocycles. The first-order valence-electron chi connectivity index (χ1n) is 8.55. The standard InChI is InChI=1S/C19H33N3O2.HI/c1-19(2,3)11-7-12-21-18(20-4)22-13-10-15-8-9-16(23-5)17(14-15)24-6;/h8-9,14H,7,10-13H2,1-6H3,(H2,20,21,22);1H. The van der Waals surface area contributed by atoms with E-state index in [4.69, 9.17) is 9.47 Å². The lowest BCUT2D eigenvalue weighted by atomic mass is 9.91. The molecule has 0 heterocycles. The van der Waals surface area contributed by atoms with Crippen LogP contribution in [0.1, 0.15) is 39.2 Å². The second kappa shape index (κ2) is 12.2. The van der Waals surface area contributed by atoms with Gasteiger partial charge in [-0.05, 0) is 42.4 Å². The van der Waals surface area contributed by atoms with Crippen molar-refractivity contribution >= 4 is 29.9 Å². The number of benzene rings is 1. The van der Waals surface area contributed by atoms with Crippen LogP contribution >= 0.6 is 24.0 Å². The largest absolute Gasteiger partial charge is 0.493 e. The molecule has 0 fully saturated rings. The molecule has 0 unspecified atom stereocenters. The lowest BCUT2D eigenvalue weighted by Gasteiger charge is -2.18. The average Bonchev–Trinajstić information content (AvgIpc) is 2.55. The minimum Gasteiger partial charge on any atom is -0.493 e. The molecular formula is C19H34IN3O2. The van der Waals surface area contributed by atoms with Crippen LogP contribution in [0.4, 0.5) is 0 Å². The van der Waals surface area contributed by atoms with Crippen LogP contribution in [-0.4, -0.2) is 40.3 Å². The van der Waals surface area contributed by atoms with Crippen LogP contribution in [0.15, 0.2) is 23.2 Å². The number of rotatable bonds is 8. The number of ether oxygens (including phenoxy) is 2. The van der Waals surface area contributed by atoms with E-state index in [1.165, 1.54) is 12.0 Å². The van der Waals surface area contributed by atoms with Gasteiger partial charge in [-0.2, -0.15) is 0 Å². The van der Waals surface area contributed by atoms with Crippen molar-refractivity contribution < 1.29 is 9.47 Å². The maximum Gasteiger partial charge on any atom is 0.190 e. The van der Waals surface area contributed by atoms with Gasteiger partial charge >= 0.3 is 0 Å². The number of nitrogens with zero attached hydrogens (tertiary/aromatic N) is 1. The number of guanidine groups is 1. The third-order valence-electron chi connectivity index (χ3n) is 3.77. The van der Waals surface area contributed by atoms with Crippen molar-refractivity contribution in [1.29, 1.82) is 0 Å². The molecule has 0 atom stereocenters.